The Morgan fingerprint density at radius 2 is 1.78 bits per heavy atom. The molecule has 0 saturated carbocycles. The Hall–Kier alpha value is -2.15. The van der Waals surface area contributed by atoms with Crippen LogP contribution in [0.5, 0.6) is 5.75 Å². The van der Waals surface area contributed by atoms with Crippen LogP contribution in [0.4, 0.5) is 10.5 Å². The van der Waals surface area contributed by atoms with Gasteiger partial charge in [-0.15, -0.1) is 0 Å². The van der Waals surface area contributed by atoms with Gasteiger partial charge in [-0.25, -0.2) is 4.79 Å². The van der Waals surface area contributed by atoms with Crippen molar-refractivity contribution in [3.8, 4) is 5.75 Å². The van der Waals surface area contributed by atoms with E-state index < -0.39 is 11.1 Å². The molecule has 0 amide bonds. The lowest BCUT2D eigenvalue weighted by Crippen LogP contribution is -2.27. The van der Waals surface area contributed by atoms with Crippen LogP contribution in [0.1, 0.15) is 32.1 Å². The number of nitro groups is 1. The first-order valence-corrected chi connectivity index (χ1v) is 7.96. The summed E-state index contributed by atoms with van der Waals surface area (Å²) in [4.78, 5) is 24.0. The number of nitrogens with zero attached hydrogens (tertiary/aromatic N) is 2. The predicted octanol–water partition coefficient (Wildman–Crippen LogP) is 3.38. The Labute approximate surface area is 135 Å². The molecular formula is C16H22N2O5. The highest BCUT2D eigenvalue weighted by atomic mass is 16.7. The molecule has 7 nitrogen and oxygen atoms in total. The van der Waals surface area contributed by atoms with Crippen molar-refractivity contribution >= 4 is 11.8 Å². The summed E-state index contributed by atoms with van der Waals surface area (Å²) in [7, 11) is 0. The van der Waals surface area contributed by atoms with E-state index in [1.807, 2.05) is 0 Å². The van der Waals surface area contributed by atoms with E-state index in [-0.39, 0.29) is 11.4 Å². The molecule has 2 rings (SSSR count). The molecule has 1 fully saturated rings. The van der Waals surface area contributed by atoms with Crippen LogP contribution in [-0.4, -0.2) is 42.2 Å². The molecule has 1 saturated heterocycles. The third kappa shape index (κ3) is 6.23. The van der Waals surface area contributed by atoms with Crippen molar-refractivity contribution in [3.05, 3.63) is 34.4 Å². The zero-order chi connectivity index (χ0) is 16.5. The molecule has 0 bridgehead atoms. The number of non-ortho nitro benzene ring substituents is 1. The molecule has 0 spiro atoms. The summed E-state index contributed by atoms with van der Waals surface area (Å²) < 4.78 is 9.99. The van der Waals surface area contributed by atoms with Gasteiger partial charge in [0.2, 0.25) is 0 Å². The van der Waals surface area contributed by atoms with Crippen molar-refractivity contribution in [3.63, 3.8) is 0 Å². The Morgan fingerprint density at radius 3 is 2.39 bits per heavy atom. The molecular weight excluding hydrogens is 300 g/mol. The van der Waals surface area contributed by atoms with E-state index in [2.05, 4.69) is 4.90 Å². The highest BCUT2D eigenvalue weighted by molar-refractivity contribution is 5.63. The molecule has 0 unspecified atom stereocenters. The van der Waals surface area contributed by atoms with Crippen LogP contribution < -0.4 is 4.74 Å². The highest BCUT2D eigenvalue weighted by Crippen LogP contribution is 2.17. The first-order valence-electron chi connectivity index (χ1n) is 7.96. The molecule has 0 aliphatic carbocycles. The molecule has 0 radical (unpaired) electrons. The summed E-state index contributed by atoms with van der Waals surface area (Å²) in [6.07, 6.45) is 5.07. The quantitative estimate of drug-likeness (QED) is 0.262. The van der Waals surface area contributed by atoms with E-state index in [9.17, 15) is 14.9 Å². The van der Waals surface area contributed by atoms with E-state index in [0.29, 0.717) is 6.61 Å². The predicted molar refractivity (Wildman–Crippen MR) is 84.6 cm³/mol. The van der Waals surface area contributed by atoms with Crippen LogP contribution >= 0.6 is 0 Å². The molecule has 7 heteroatoms. The Balaban J connectivity index is 1.63. The normalized spacial score (nSPS) is 15.7. The lowest BCUT2D eigenvalue weighted by molar-refractivity contribution is -0.384. The minimum absolute atomic E-state index is 0.0526. The van der Waals surface area contributed by atoms with E-state index >= 15 is 0 Å². The third-order valence-corrected chi connectivity index (χ3v) is 3.79. The van der Waals surface area contributed by atoms with Crippen LogP contribution in [0.2, 0.25) is 0 Å². The summed E-state index contributed by atoms with van der Waals surface area (Å²) in [5.41, 5.74) is -0.0526. The maximum atomic E-state index is 11.5. The molecule has 0 atom stereocenters. The van der Waals surface area contributed by atoms with Crippen molar-refractivity contribution in [2.24, 2.45) is 0 Å². The first kappa shape index (κ1) is 17.2. The molecule has 1 aromatic carbocycles. The van der Waals surface area contributed by atoms with Crippen molar-refractivity contribution in [2.75, 3.05) is 26.2 Å². The number of carbonyl (C=O) groups excluding carboxylic acids is 1. The fourth-order valence-corrected chi connectivity index (χ4v) is 2.57. The number of hydrogen-bond donors (Lipinski definition) is 0. The van der Waals surface area contributed by atoms with E-state index in [1.54, 1.807) is 0 Å². The maximum absolute atomic E-state index is 11.5. The number of nitro benzene ring substituents is 1. The molecule has 1 aliphatic heterocycles. The van der Waals surface area contributed by atoms with Crippen LogP contribution in [0, 0.1) is 10.1 Å². The van der Waals surface area contributed by atoms with Gasteiger partial charge < -0.3 is 14.4 Å². The standard InChI is InChI=1S/C16H22N2O5/c19-16(23-15-8-6-14(7-9-15)18(20)21)22-13-5-12-17-10-3-1-2-4-11-17/h6-9H,1-5,10-13H2. The second-order valence-corrected chi connectivity index (χ2v) is 5.56. The second-order valence-electron chi connectivity index (χ2n) is 5.56. The van der Waals surface area contributed by atoms with Gasteiger partial charge in [-0.3, -0.25) is 10.1 Å². The van der Waals surface area contributed by atoms with Crippen LogP contribution in [0.25, 0.3) is 0 Å². The lowest BCUT2D eigenvalue weighted by Gasteiger charge is -2.19. The molecule has 0 aromatic heterocycles. The number of benzene rings is 1. The van der Waals surface area contributed by atoms with Crippen LogP contribution in [0.3, 0.4) is 0 Å². The molecule has 126 valence electrons. The van der Waals surface area contributed by atoms with Crippen molar-refractivity contribution in [1.82, 2.24) is 4.90 Å². The van der Waals surface area contributed by atoms with Crippen molar-refractivity contribution < 1.29 is 19.2 Å². The van der Waals surface area contributed by atoms with Crippen LogP contribution in [-0.2, 0) is 4.74 Å². The third-order valence-electron chi connectivity index (χ3n) is 3.79. The van der Waals surface area contributed by atoms with Gasteiger partial charge in [0.15, 0.2) is 0 Å². The Bertz CT molecular complexity index is 510. The summed E-state index contributed by atoms with van der Waals surface area (Å²) in [5, 5.41) is 10.5. The van der Waals surface area contributed by atoms with Gasteiger partial charge in [-0.2, -0.15) is 0 Å². The zero-order valence-electron chi connectivity index (χ0n) is 13.1. The zero-order valence-corrected chi connectivity index (χ0v) is 13.1. The van der Waals surface area contributed by atoms with E-state index in [4.69, 9.17) is 9.47 Å². The summed E-state index contributed by atoms with van der Waals surface area (Å²) in [6.45, 7) is 3.47. The van der Waals surface area contributed by atoms with Gasteiger partial charge in [0, 0.05) is 18.7 Å². The van der Waals surface area contributed by atoms with E-state index in [1.165, 1.54) is 49.9 Å². The average molecular weight is 322 g/mol. The number of rotatable bonds is 6. The van der Waals surface area contributed by atoms with Gasteiger partial charge in [0.25, 0.3) is 5.69 Å². The number of ether oxygens (including phenoxy) is 2. The van der Waals surface area contributed by atoms with Gasteiger partial charge in [0.05, 0.1) is 11.5 Å². The maximum Gasteiger partial charge on any atom is 0.513 e. The minimum Gasteiger partial charge on any atom is -0.434 e. The fraction of sp³-hybridized carbons (Fsp3) is 0.562. The SMILES string of the molecule is O=C(OCCCN1CCCCCC1)Oc1ccc([N+](=O)[O-])cc1. The number of hydrogen-bond acceptors (Lipinski definition) is 6. The summed E-state index contributed by atoms with van der Waals surface area (Å²) in [6, 6.07) is 5.30. The summed E-state index contributed by atoms with van der Waals surface area (Å²) in [5.74, 6) is 0.230. The topological polar surface area (TPSA) is 81.9 Å². The first-order chi connectivity index (χ1) is 11.1. The van der Waals surface area contributed by atoms with Gasteiger partial charge >= 0.3 is 6.16 Å². The second kappa shape index (κ2) is 9.09. The molecule has 23 heavy (non-hydrogen) atoms. The average Bonchev–Trinajstić information content (AvgIpc) is 2.81. The van der Waals surface area contributed by atoms with E-state index in [0.717, 1.165) is 26.1 Å². The van der Waals surface area contributed by atoms with Crippen molar-refractivity contribution in [1.29, 1.82) is 0 Å². The number of carbonyl (C=O) groups is 1. The number of likely N-dealkylation sites (tertiary alicyclic amines) is 1. The molecule has 1 heterocycles. The highest BCUT2D eigenvalue weighted by Gasteiger charge is 2.11. The monoisotopic (exact) mass is 322 g/mol. The van der Waals surface area contributed by atoms with Gasteiger partial charge in [0.1, 0.15) is 5.75 Å². The smallest absolute Gasteiger partial charge is 0.434 e. The van der Waals surface area contributed by atoms with Gasteiger partial charge in [-0.1, -0.05) is 12.8 Å². The largest absolute Gasteiger partial charge is 0.513 e. The Kier molecular flexibility index (Phi) is 6.80. The molecule has 1 aliphatic rings. The fourth-order valence-electron chi connectivity index (χ4n) is 2.57. The van der Waals surface area contributed by atoms with Gasteiger partial charge in [-0.05, 0) is 44.5 Å². The van der Waals surface area contributed by atoms with Crippen molar-refractivity contribution in [2.45, 2.75) is 32.1 Å². The van der Waals surface area contributed by atoms with Crippen LogP contribution in [0.15, 0.2) is 24.3 Å². The molecule has 1 aromatic rings. The Morgan fingerprint density at radius 1 is 1.13 bits per heavy atom. The minimum atomic E-state index is -0.783. The summed E-state index contributed by atoms with van der Waals surface area (Å²) >= 11 is 0. The molecule has 0 N–H and O–H groups in total. The lowest BCUT2D eigenvalue weighted by atomic mass is 10.2.